The van der Waals surface area contributed by atoms with Gasteiger partial charge in [-0.25, -0.2) is 9.79 Å². The van der Waals surface area contributed by atoms with Crippen molar-refractivity contribution in [2.24, 2.45) is 4.99 Å². The minimum absolute atomic E-state index is 0.0104. The predicted octanol–water partition coefficient (Wildman–Crippen LogP) is 4.13. The number of ether oxygens (including phenoxy) is 4. The molecule has 0 unspecified atom stereocenters. The van der Waals surface area contributed by atoms with Crippen molar-refractivity contribution in [2.45, 2.75) is 19.9 Å². The van der Waals surface area contributed by atoms with Gasteiger partial charge in [0, 0.05) is 6.20 Å². The number of methoxy groups -OCH3 is 1. The number of rotatable bonds is 9. The molecule has 4 rings (SSSR count). The fraction of sp³-hybridized carbons (Fsp3) is 0.250. The van der Waals surface area contributed by atoms with Gasteiger partial charge in [0.25, 0.3) is 5.56 Å². The van der Waals surface area contributed by atoms with Crippen LogP contribution in [0.25, 0.3) is 6.08 Å². The van der Waals surface area contributed by atoms with Gasteiger partial charge in [0.1, 0.15) is 6.61 Å². The molecule has 1 aromatic heterocycles. The van der Waals surface area contributed by atoms with E-state index in [9.17, 15) is 9.59 Å². The van der Waals surface area contributed by atoms with Crippen molar-refractivity contribution < 1.29 is 23.7 Å². The number of hydrogen-bond donors (Lipinski definition) is 0. The van der Waals surface area contributed by atoms with Gasteiger partial charge in [0.15, 0.2) is 22.0 Å². The van der Waals surface area contributed by atoms with E-state index in [4.69, 9.17) is 48.6 Å². The number of terminal acetylenes is 1. The molecule has 0 radical (unpaired) electrons. The average molecular weight is 587 g/mol. The lowest BCUT2D eigenvalue weighted by molar-refractivity contribution is -0.136. The number of thiazole rings is 1. The highest BCUT2D eigenvalue weighted by atomic mass is 35.5. The molecule has 0 N–H and O–H groups in total. The molecule has 0 saturated heterocycles. The number of halogens is 2. The molecule has 0 amide bonds. The Morgan fingerprint density at radius 1 is 1.13 bits per heavy atom. The largest absolute Gasteiger partial charge is 0.490 e. The molecule has 1 atom stereocenters. The maximum atomic E-state index is 13.8. The van der Waals surface area contributed by atoms with Crippen LogP contribution in [0.5, 0.6) is 17.2 Å². The minimum atomic E-state index is -0.808. The smallest absolute Gasteiger partial charge is 0.337 e. The van der Waals surface area contributed by atoms with Crippen LogP contribution in [0, 0.1) is 12.3 Å². The van der Waals surface area contributed by atoms with Gasteiger partial charge in [-0.3, -0.25) is 9.36 Å². The highest BCUT2D eigenvalue weighted by Crippen LogP contribution is 2.36. The van der Waals surface area contributed by atoms with Gasteiger partial charge in [0.05, 0.1) is 46.5 Å². The topological polar surface area (TPSA) is 88.3 Å². The molecule has 2 heterocycles. The second-order valence-electron chi connectivity index (χ2n) is 8.05. The van der Waals surface area contributed by atoms with Crippen LogP contribution in [0.1, 0.15) is 31.0 Å². The van der Waals surface area contributed by atoms with Crippen LogP contribution in [0.15, 0.2) is 51.9 Å². The second kappa shape index (κ2) is 12.4. The molecule has 3 aromatic rings. The van der Waals surface area contributed by atoms with E-state index < -0.39 is 12.0 Å². The molecule has 0 aliphatic carbocycles. The van der Waals surface area contributed by atoms with Gasteiger partial charge >= 0.3 is 5.97 Å². The van der Waals surface area contributed by atoms with Crippen LogP contribution in [0.4, 0.5) is 0 Å². The fourth-order valence-electron chi connectivity index (χ4n) is 4.05. The first-order valence-electron chi connectivity index (χ1n) is 11.9. The third-order valence-electron chi connectivity index (χ3n) is 5.63. The lowest BCUT2D eigenvalue weighted by atomic mass is 9.97. The summed E-state index contributed by atoms with van der Waals surface area (Å²) in [5.41, 5.74) is 1.04. The lowest BCUT2D eigenvalue weighted by Crippen LogP contribution is -2.39. The van der Waals surface area contributed by atoms with E-state index in [1.807, 2.05) is 13.8 Å². The molecule has 39 heavy (non-hydrogen) atoms. The molecular formula is C28H24Cl2N2O6S. The Labute approximate surface area is 238 Å². The normalized spacial score (nSPS) is 14.5. The molecule has 1 aliphatic rings. The van der Waals surface area contributed by atoms with Crippen molar-refractivity contribution in [2.75, 3.05) is 26.9 Å². The number of hydrogen-bond acceptors (Lipinski definition) is 8. The number of carbonyl (C=O) groups excluding carboxylic acids is 1. The zero-order valence-electron chi connectivity index (χ0n) is 21.3. The Morgan fingerprint density at radius 2 is 1.82 bits per heavy atom. The van der Waals surface area contributed by atoms with E-state index in [-0.39, 0.29) is 33.5 Å². The van der Waals surface area contributed by atoms with Crippen LogP contribution >= 0.6 is 34.5 Å². The number of esters is 1. The zero-order chi connectivity index (χ0) is 28.1. The Hall–Kier alpha value is -3.71. The van der Waals surface area contributed by atoms with Crippen LogP contribution in [-0.2, 0) is 9.53 Å². The number of carbonyl (C=O) groups is 1. The van der Waals surface area contributed by atoms with E-state index in [0.717, 1.165) is 11.3 Å². The molecule has 0 spiro atoms. The third kappa shape index (κ3) is 5.83. The zero-order valence-corrected chi connectivity index (χ0v) is 23.7. The first-order chi connectivity index (χ1) is 18.8. The highest BCUT2D eigenvalue weighted by molar-refractivity contribution is 7.07. The molecular weight excluding hydrogens is 563 g/mol. The van der Waals surface area contributed by atoms with Crippen molar-refractivity contribution in [3.63, 3.8) is 0 Å². The summed E-state index contributed by atoms with van der Waals surface area (Å²) >= 11 is 13.9. The fourth-order valence-corrected chi connectivity index (χ4v) is 5.64. The standard InChI is InChI=1S/C28H24Cl2N2O6S/c1-5-10-38-25-19(29)11-16(12-20(25)30)13-23-26(33)32-24(18(27(34)35-4)15-31-28(32)39-23)17-8-9-21(36-6-2)22(14-17)37-7-3/h1,8-9,11-15,24H,6-7,10H2,2-4H3/b23-13-/t24-/m1/s1. The van der Waals surface area contributed by atoms with E-state index in [2.05, 4.69) is 10.9 Å². The summed E-state index contributed by atoms with van der Waals surface area (Å²) in [4.78, 5) is 31.3. The van der Waals surface area contributed by atoms with E-state index in [1.165, 1.54) is 17.9 Å². The van der Waals surface area contributed by atoms with E-state index in [1.54, 1.807) is 36.4 Å². The molecule has 0 bridgehead atoms. The van der Waals surface area contributed by atoms with Gasteiger partial charge in [-0.1, -0.05) is 46.5 Å². The van der Waals surface area contributed by atoms with Crippen molar-refractivity contribution in [3.05, 3.63) is 83.0 Å². The summed E-state index contributed by atoms with van der Waals surface area (Å²) in [5.74, 6) is 3.07. The van der Waals surface area contributed by atoms with Gasteiger partial charge in [-0.2, -0.15) is 0 Å². The van der Waals surface area contributed by atoms with Crippen LogP contribution < -0.4 is 29.1 Å². The first kappa shape index (κ1) is 28.3. The number of fused-ring (bicyclic) bond motifs is 1. The van der Waals surface area contributed by atoms with Gasteiger partial charge in [0.2, 0.25) is 0 Å². The summed E-state index contributed by atoms with van der Waals surface area (Å²) in [6, 6.07) is 7.73. The van der Waals surface area contributed by atoms with Gasteiger partial charge < -0.3 is 18.9 Å². The highest BCUT2D eigenvalue weighted by Gasteiger charge is 2.31. The van der Waals surface area contributed by atoms with Gasteiger partial charge in [-0.15, -0.1) is 6.42 Å². The minimum Gasteiger partial charge on any atom is -0.490 e. The van der Waals surface area contributed by atoms with Crippen molar-refractivity contribution in [3.8, 4) is 29.6 Å². The molecule has 1 aliphatic heterocycles. The summed E-state index contributed by atoms with van der Waals surface area (Å²) < 4.78 is 23.7. The lowest BCUT2D eigenvalue weighted by Gasteiger charge is -2.23. The Bertz CT molecular complexity index is 1650. The van der Waals surface area contributed by atoms with Crippen LogP contribution in [0.3, 0.4) is 0 Å². The molecule has 8 nitrogen and oxygen atoms in total. The van der Waals surface area contributed by atoms with Gasteiger partial charge in [-0.05, 0) is 55.3 Å². The maximum absolute atomic E-state index is 13.8. The summed E-state index contributed by atoms with van der Waals surface area (Å²) in [5, 5.41) is 0.501. The Kier molecular flexibility index (Phi) is 9.02. The molecule has 0 saturated carbocycles. The first-order valence-corrected chi connectivity index (χ1v) is 13.4. The monoisotopic (exact) mass is 586 g/mol. The van der Waals surface area contributed by atoms with Crippen molar-refractivity contribution in [1.82, 2.24) is 4.57 Å². The van der Waals surface area contributed by atoms with E-state index >= 15 is 0 Å². The Morgan fingerprint density at radius 3 is 2.46 bits per heavy atom. The predicted molar refractivity (Wildman–Crippen MR) is 151 cm³/mol. The van der Waals surface area contributed by atoms with Crippen LogP contribution in [0.2, 0.25) is 10.0 Å². The number of nitrogens with zero attached hydrogens (tertiary/aromatic N) is 2. The quantitative estimate of drug-likeness (QED) is 0.277. The Balaban J connectivity index is 1.87. The average Bonchev–Trinajstić information content (AvgIpc) is 3.23. The summed E-state index contributed by atoms with van der Waals surface area (Å²) in [6.45, 7) is 4.60. The van der Waals surface area contributed by atoms with E-state index in [0.29, 0.717) is 45.2 Å². The van der Waals surface area contributed by atoms with Crippen molar-refractivity contribution in [1.29, 1.82) is 0 Å². The molecule has 0 fully saturated rings. The second-order valence-corrected chi connectivity index (χ2v) is 9.88. The SMILES string of the molecule is C#CCOc1c(Cl)cc(/C=c2\sc3n(c2=O)[C@H](c2ccc(OCC)c(OCC)c2)C(C(=O)OC)=CN=3)cc1Cl. The number of aromatic nitrogens is 1. The molecule has 11 heteroatoms. The summed E-state index contributed by atoms with van der Waals surface area (Å²) in [7, 11) is 1.28. The molecule has 2 aromatic carbocycles. The molecule has 202 valence electrons. The van der Waals surface area contributed by atoms with Crippen molar-refractivity contribution >= 4 is 46.6 Å². The number of benzene rings is 2. The summed E-state index contributed by atoms with van der Waals surface area (Å²) in [6.07, 6.45) is 8.32. The maximum Gasteiger partial charge on any atom is 0.337 e. The third-order valence-corrected chi connectivity index (χ3v) is 7.18. The van der Waals surface area contributed by atoms with Crippen LogP contribution in [-0.4, -0.2) is 37.5 Å².